The van der Waals surface area contributed by atoms with Crippen LogP contribution in [0.1, 0.15) is 22.3 Å². The van der Waals surface area contributed by atoms with Crippen molar-refractivity contribution in [2.24, 2.45) is 11.7 Å². The lowest BCUT2D eigenvalue weighted by molar-refractivity contribution is -0.118. The van der Waals surface area contributed by atoms with Crippen molar-refractivity contribution in [1.82, 2.24) is 15.2 Å². The van der Waals surface area contributed by atoms with Crippen LogP contribution in [0.3, 0.4) is 0 Å². The molecule has 0 spiro atoms. The number of primary amides is 1. The molecule has 1 aliphatic heterocycles. The van der Waals surface area contributed by atoms with Gasteiger partial charge in [-0.25, -0.2) is 4.39 Å². The summed E-state index contributed by atoms with van der Waals surface area (Å²) in [5, 5.41) is 2.79. The van der Waals surface area contributed by atoms with Gasteiger partial charge in [0.1, 0.15) is 18.2 Å². The number of hydrogen-bond donors (Lipinski definition) is 2. The third-order valence-corrected chi connectivity index (χ3v) is 4.80. The maximum atomic E-state index is 12.9. The van der Waals surface area contributed by atoms with E-state index in [1.165, 1.54) is 30.5 Å². The summed E-state index contributed by atoms with van der Waals surface area (Å²) in [5.74, 6) is 0.110. The number of nitrogens with one attached hydrogen (secondary N) is 1. The van der Waals surface area contributed by atoms with Gasteiger partial charge in [-0.3, -0.25) is 19.5 Å². The van der Waals surface area contributed by atoms with E-state index in [0.717, 1.165) is 31.5 Å². The maximum Gasteiger partial charge on any atom is 0.252 e. The van der Waals surface area contributed by atoms with Crippen molar-refractivity contribution in [2.45, 2.75) is 12.8 Å². The topological polar surface area (TPSA) is 97.6 Å². The second-order valence-corrected chi connectivity index (χ2v) is 7.20. The van der Waals surface area contributed by atoms with Gasteiger partial charge >= 0.3 is 0 Å². The Morgan fingerprint density at radius 1 is 1.28 bits per heavy atom. The highest BCUT2D eigenvalue weighted by Gasteiger charge is 2.23. The molecule has 1 aromatic carbocycles. The van der Waals surface area contributed by atoms with Crippen LogP contribution in [0, 0.1) is 11.7 Å². The molecule has 1 unspecified atom stereocenters. The summed E-state index contributed by atoms with van der Waals surface area (Å²) >= 11 is 0. The number of nitrogens with zero attached hydrogens (tertiary/aromatic N) is 2. The highest BCUT2D eigenvalue weighted by Crippen LogP contribution is 2.20. The zero-order valence-corrected chi connectivity index (χ0v) is 16.1. The number of aromatic nitrogens is 1. The fourth-order valence-corrected chi connectivity index (χ4v) is 3.47. The molecule has 2 aromatic rings. The molecule has 1 atom stereocenters. The zero-order valence-electron chi connectivity index (χ0n) is 16.1. The third kappa shape index (κ3) is 6.53. The first-order chi connectivity index (χ1) is 14.0. The Bertz CT molecular complexity index is 844. The van der Waals surface area contributed by atoms with Crippen LogP contribution in [-0.4, -0.2) is 54.5 Å². The van der Waals surface area contributed by atoms with E-state index in [1.807, 2.05) is 6.07 Å². The van der Waals surface area contributed by atoms with Crippen LogP contribution in [0.5, 0.6) is 5.75 Å². The first kappa shape index (κ1) is 20.7. The Kier molecular flexibility index (Phi) is 7.13. The van der Waals surface area contributed by atoms with Gasteiger partial charge in [-0.1, -0.05) is 0 Å². The van der Waals surface area contributed by atoms with Crippen molar-refractivity contribution in [3.8, 4) is 5.75 Å². The molecule has 0 saturated carbocycles. The number of ether oxygens (including phenoxy) is 1. The first-order valence-electron chi connectivity index (χ1n) is 9.61. The minimum absolute atomic E-state index is 0.219. The molecule has 3 rings (SSSR count). The summed E-state index contributed by atoms with van der Waals surface area (Å²) in [5.41, 5.74) is 6.74. The van der Waals surface area contributed by atoms with Gasteiger partial charge in [0.05, 0.1) is 18.7 Å². The molecule has 154 valence electrons. The normalized spacial score (nSPS) is 16.5. The number of amides is 2. The van der Waals surface area contributed by atoms with Crippen molar-refractivity contribution >= 4 is 11.8 Å². The highest BCUT2D eigenvalue weighted by atomic mass is 19.1. The van der Waals surface area contributed by atoms with Crippen LogP contribution in [0.4, 0.5) is 4.39 Å². The Balaban J connectivity index is 1.44. The molecule has 1 saturated heterocycles. The summed E-state index contributed by atoms with van der Waals surface area (Å²) in [7, 11) is 0. The number of pyridine rings is 1. The van der Waals surface area contributed by atoms with Gasteiger partial charge in [0.25, 0.3) is 5.91 Å². The molecule has 1 aromatic heterocycles. The molecular formula is C21H25FN4O3. The van der Waals surface area contributed by atoms with Crippen LogP contribution in [-0.2, 0) is 11.2 Å². The number of likely N-dealkylation sites (tertiary alicyclic amines) is 1. The lowest BCUT2D eigenvalue weighted by Gasteiger charge is -2.14. The summed E-state index contributed by atoms with van der Waals surface area (Å²) in [6, 6.07) is 7.57. The van der Waals surface area contributed by atoms with Crippen LogP contribution >= 0.6 is 0 Å². The van der Waals surface area contributed by atoms with Gasteiger partial charge in [-0.2, -0.15) is 0 Å². The quantitative estimate of drug-likeness (QED) is 0.620. The summed E-state index contributed by atoms with van der Waals surface area (Å²) in [6.45, 7) is 2.57. The van der Waals surface area contributed by atoms with Crippen molar-refractivity contribution in [1.29, 1.82) is 0 Å². The van der Waals surface area contributed by atoms with Gasteiger partial charge in [0, 0.05) is 18.9 Å². The number of halogens is 1. The average molecular weight is 400 g/mol. The maximum absolute atomic E-state index is 12.9. The van der Waals surface area contributed by atoms with Crippen LogP contribution in [0.15, 0.2) is 42.7 Å². The van der Waals surface area contributed by atoms with Crippen LogP contribution < -0.4 is 15.8 Å². The van der Waals surface area contributed by atoms with Crippen LogP contribution in [0.25, 0.3) is 0 Å². The van der Waals surface area contributed by atoms with Gasteiger partial charge in [-0.05, 0) is 61.2 Å². The van der Waals surface area contributed by atoms with Gasteiger partial charge in [0.15, 0.2) is 0 Å². The van der Waals surface area contributed by atoms with E-state index in [-0.39, 0.29) is 30.8 Å². The molecule has 0 aliphatic carbocycles. The van der Waals surface area contributed by atoms with Crippen molar-refractivity contribution in [3.05, 3.63) is 59.7 Å². The average Bonchev–Trinajstić information content (AvgIpc) is 3.12. The minimum atomic E-state index is -0.323. The Hall–Kier alpha value is -3.00. The molecule has 1 fully saturated rings. The molecule has 2 heterocycles. The van der Waals surface area contributed by atoms with Gasteiger partial charge in [0.2, 0.25) is 5.91 Å². The van der Waals surface area contributed by atoms with Crippen LogP contribution in [0.2, 0.25) is 0 Å². The van der Waals surface area contributed by atoms with Crippen molar-refractivity contribution < 1.29 is 18.7 Å². The lowest BCUT2D eigenvalue weighted by atomic mass is 9.99. The highest BCUT2D eigenvalue weighted by molar-refractivity contribution is 5.94. The van der Waals surface area contributed by atoms with Crippen molar-refractivity contribution in [3.63, 3.8) is 0 Å². The molecular weight excluding hydrogens is 375 g/mol. The van der Waals surface area contributed by atoms with E-state index in [4.69, 9.17) is 10.5 Å². The molecule has 3 N–H and O–H groups in total. The van der Waals surface area contributed by atoms with Crippen molar-refractivity contribution in [2.75, 3.05) is 32.8 Å². The van der Waals surface area contributed by atoms with Gasteiger partial charge < -0.3 is 15.8 Å². The minimum Gasteiger partial charge on any atom is -0.492 e. The summed E-state index contributed by atoms with van der Waals surface area (Å²) < 4.78 is 18.3. The van der Waals surface area contributed by atoms with E-state index in [1.54, 1.807) is 6.20 Å². The monoisotopic (exact) mass is 400 g/mol. The van der Waals surface area contributed by atoms with Gasteiger partial charge in [-0.15, -0.1) is 0 Å². The molecule has 0 bridgehead atoms. The number of carbonyl (C=O) groups excluding carboxylic acids is 2. The SMILES string of the molecule is NC(=O)CN1CCC(Cc2cncc(C(=O)NCCOc3ccc(F)cc3)c2)C1. The number of rotatable bonds is 9. The molecule has 7 nitrogen and oxygen atoms in total. The predicted molar refractivity (Wildman–Crippen MR) is 106 cm³/mol. The Morgan fingerprint density at radius 3 is 2.83 bits per heavy atom. The second kappa shape index (κ2) is 9.97. The first-order valence-corrected chi connectivity index (χ1v) is 9.61. The third-order valence-electron chi connectivity index (χ3n) is 4.80. The van der Waals surface area contributed by atoms with E-state index >= 15 is 0 Å². The van der Waals surface area contributed by atoms with E-state index < -0.39 is 0 Å². The molecule has 8 heteroatoms. The fourth-order valence-electron chi connectivity index (χ4n) is 3.47. The predicted octanol–water partition coefficient (Wildman–Crippen LogP) is 1.38. The number of hydrogen-bond acceptors (Lipinski definition) is 5. The number of carbonyl (C=O) groups is 2. The fraction of sp³-hybridized carbons (Fsp3) is 0.381. The molecule has 1 aliphatic rings. The largest absolute Gasteiger partial charge is 0.492 e. The molecule has 0 radical (unpaired) electrons. The smallest absolute Gasteiger partial charge is 0.252 e. The lowest BCUT2D eigenvalue weighted by Crippen LogP contribution is -2.32. The Morgan fingerprint density at radius 2 is 2.07 bits per heavy atom. The summed E-state index contributed by atoms with van der Waals surface area (Å²) in [4.78, 5) is 29.6. The number of benzene rings is 1. The molecule has 2 amide bonds. The molecule has 29 heavy (non-hydrogen) atoms. The van der Waals surface area contributed by atoms with E-state index in [9.17, 15) is 14.0 Å². The summed E-state index contributed by atoms with van der Waals surface area (Å²) in [6.07, 6.45) is 5.10. The number of nitrogens with two attached hydrogens (primary N) is 1. The zero-order chi connectivity index (χ0) is 20.6. The standard InChI is InChI=1S/C21H25FN4O3/c22-18-1-3-19(4-2-18)29-8-6-25-21(28)17-10-16(11-24-12-17)9-15-5-7-26(13-15)14-20(23)27/h1-4,10-12,15H,5-9,13-14H2,(H2,23,27)(H,25,28). The van der Waals surface area contributed by atoms with E-state index in [2.05, 4.69) is 15.2 Å². The second-order valence-electron chi connectivity index (χ2n) is 7.20. The Labute approximate surface area is 169 Å². The van der Waals surface area contributed by atoms with E-state index in [0.29, 0.717) is 23.8 Å².